The molecule has 3 nitrogen and oxygen atoms in total. The maximum absolute atomic E-state index is 11.3. The highest BCUT2D eigenvalue weighted by molar-refractivity contribution is 5.94. The lowest BCUT2D eigenvalue weighted by Gasteiger charge is -2.33. The third kappa shape index (κ3) is 1.36. The molecule has 0 bridgehead atoms. The zero-order valence-corrected chi connectivity index (χ0v) is 8.23. The lowest BCUT2D eigenvalue weighted by atomic mass is 9.79. The van der Waals surface area contributed by atoms with Crippen molar-refractivity contribution in [3.05, 3.63) is 47.7 Å². The van der Waals surface area contributed by atoms with Gasteiger partial charge in [-0.05, 0) is 17.2 Å². The van der Waals surface area contributed by atoms with Crippen molar-refractivity contribution >= 4 is 5.78 Å². The van der Waals surface area contributed by atoms with E-state index in [-0.39, 0.29) is 5.78 Å². The molecule has 0 saturated heterocycles. The van der Waals surface area contributed by atoms with E-state index in [1.165, 1.54) is 5.57 Å². The first-order chi connectivity index (χ1) is 7.34. The predicted molar refractivity (Wildman–Crippen MR) is 57.6 cm³/mol. The second kappa shape index (κ2) is 3.21. The number of allylic oxidation sites excluding steroid dienone is 4. The van der Waals surface area contributed by atoms with E-state index in [0.29, 0.717) is 18.4 Å². The first kappa shape index (κ1) is 8.68. The van der Waals surface area contributed by atoms with Crippen molar-refractivity contribution in [3.8, 4) is 0 Å². The third-order valence-corrected chi connectivity index (χ3v) is 3.07. The molecule has 2 atom stereocenters. The zero-order chi connectivity index (χ0) is 10.3. The SMILES string of the molecule is O=C1C=CC2=C(C=CC3NNC=CC23)C1. The molecule has 1 aliphatic heterocycles. The normalized spacial score (nSPS) is 32.4. The Morgan fingerprint density at radius 3 is 3.07 bits per heavy atom. The number of ketones is 1. The number of rotatable bonds is 0. The average molecular weight is 200 g/mol. The van der Waals surface area contributed by atoms with Gasteiger partial charge in [-0.1, -0.05) is 24.3 Å². The Morgan fingerprint density at radius 2 is 2.13 bits per heavy atom. The Bertz CT molecular complexity index is 429. The summed E-state index contributed by atoms with van der Waals surface area (Å²) in [5.74, 6) is 0.554. The van der Waals surface area contributed by atoms with Crippen molar-refractivity contribution in [2.75, 3.05) is 0 Å². The van der Waals surface area contributed by atoms with Gasteiger partial charge in [0.25, 0.3) is 0 Å². The number of carbonyl (C=O) groups excluding carboxylic acids is 1. The minimum atomic E-state index is 0.197. The maximum atomic E-state index is 11.3. The van der Waals surface area contributed by atoms with Crippen molar-refractivity contribution in [2.45, 2.75) is 12.5 Å². The summed E-state index contributed by atoms with van der Waals surface area (Å²) < 4.78 is 0. The van der Waals surface area contributed by atoms with Gasteiger partial charge in [0.05, 0.1) is 6.04 Å². The van der Waals surface area contributed by atoms with Crippen LogP contribution < -0.4 is 10.9 Å². The minimum absolute atomic E-state index is 0.197. The molecular weight excluding hydrogens is 188 g/mol. The van der Waals surface area contributed by atoms with Crippen LogP contribution in [0.1, 0.15) is 6.42 Å². The lowest BCUT2D eigenvalue weighted by Crippen LogP contribution is -2.46. The number of carbonyl (C=O) groups is 1. The van der Waals surface area contributed by atoms with Crippen LogP contribution in [0.4, 0.5) is 0 Å². The van der Waals surface area contributed by atoms with E-state index in [9.17, 15) is 4.79 Å². The molecule has 0 saturated carbocycles. The fourth-order valence-corrected chi connectivity index (χ4v) is 2.31. The van der Waals surface area contributed by atoms with Crippen LogP contribution in [-0.4, -0.2) is 11.8 Å². The molecule has 0 amide bonds. The van der Waals surface area contributed by atoms with Gasteiger partial charge in [0.1, 0.15) is 0 Å². The van der Waals surface area contributed by atoms with Crippen LogP contribution in [0.15, 0.2) is 47.7 Å². The summed E-state index contributed by atoms with van der Waals surface area (Å²) in [5.41, 5.74) is 8.62. The summed E-state index contributed by atoms with van der Waals surface area (Å²) in [5, 5.41) is 0. The van der Waals surface area contributed by atoms with Crippen LogP contribution in [0, 0.1) is 5.92 Å². The highest BCUT2D eigenvalue weighted by atomic mass is 16.1. The molecular formula is C12H12N2O. The van der Waals surface area contributed by atoms with Crippen LogP contribution in [-0.2, 0) is 4.79 Å². The second-order valence-electron chi connectivity index (χ2n) is 4.02. The van der Waals surface area contributed by atoms with Gasteiger partial charge in [-0.2, -0.15) is 0 Å². The van der Waals surface area contributed by atoms with Crippen molar-refractivity contribution < 1.29 is 4.79 Å². The number of fused-ring (bicyclic) bond motifs is 2. The number of hydrazine groups is 1. The summed E-state index contributed by atoms with van der Waals surface area (Å²) in [4.78, 5) is 11.3. The summed E-state index contributed by atoms with van der Waals surface area (Å²) in [7, 11) is 0. The van der Waals surface area contributed by atoms with Gasteiger partial charge in [-0.15, -0.1) is 0 Å². The quantitative estimate of drug-likeness (QED) is 0.612. The molecule has 2 aliphatic carbocycles. The molecule has 3 aliphatic rings. The molecule has 3 rings (SSSR count). The molecule has 2 unspecified atom stereocenters. The van der Waals surface area contributed by atoms with Gasteiger partial charge < -0.3 is 5.43 Å². The van der Waals surface area contributed by atoms with Crippen molar-refractivity contribution in [1.82, 2.24) is 10.9 Å². The Hall–Kier alpha value is -1.61. The molecule has 0 aromatic rings. The molecule has 0 radical (unpaired) electrons. The summed E-state index contributed by atoms with van der Waals surface area (Å²) in [6.45, 7) is 0. The van der Waals surface area contributed by atoms with Crippen molar-refractivity contribution in [3.63, 3.8) is 0 Å². The molecule has 0 aromatic carbocycles. The summed E-state index contributed by atoms with van der Waals surface area (Å²) in [6.07, 6.45) is 12.4. The molecule has 3 heteroatoms. The Labute approximate surface area is 88.2 Å². The highest BCUT2D eigenvalue weighted by Crippen LogP contribution is 2.32. The topological polar surface area (TPSA) is 41.1 Å². The van der Waals surface area contributed by atoms with Gasteiger partial charge in [0.2, 0.25) is 0 Å². The Morgan fingerprint density at radius 1 is 1.20 bits per heavy atom. The van der Waals surface area contributed by atoms with Crippen molar-refractivity contribution in [1.29, 1.82) is 0 Å². The first-order valence-corrected chi connectivity index (χ1v) is 5.14. The molecule has 1 heterocycles. The van der Waals surface area contributed by atoms with Crippen LogP contribution in [0.2, 0.25) is 0 Å². The van der Waals surface area contributed by atoms with Gasteiger partial charge in [0, 0.05) is 18.5 Å². The summed E-state index contributed by atoms with van der Waals surface area (Å²) >= 11 is 0. The van der Waals surface area contributed by atoms with Gasteiger partial charge in [0.15, 0.2) is 5.78 Å². The van der Waals surface area contributed by atoms with Gasteiger partial charge in [-0.25, -0.2) is 5.43 Å². The minimum Gasteiger partial charge on any atom is -0.328 e. The number of hydrogen-bond donors (Lipinski definition) is 2. The van der Waals surface area contributed by atoms with Crippen LogP contribution in [0.3, 0.4) is 0 Å². The first-order valence-electron chi connectivity index (χ1n) is 5.14. The Balaban J connectivity index is 2.02. The smallest absolute Gasteiger partial charge is 0.160 e. The lowest BCUT2D eigenvalue weighted by molar-refractivity contribution is -0.114. The predicted octanol–water partition coefficient (Wildman–Crippen LogP) is 0.988. The van der Waals surface area contributed by atoms with E-state index in [1.807, 2.05) is 12.3 Å². The fourth-order valence-electron chi connectivity index (χ4n) is 2.31. The Kier molecular flexibility index (Phi) is 1.86. The maximum Gasteiger partial charge on any atom is 0.160 e. The van der Waals surface area contributed by atoms with Crippen molar-refractivity contribution in [2.24, 2.45) is 5.92 Å². The molecule has 76 valence electrons. The van der Waals surface area contributed by atoms with E-state index >= 15 is 0 Å². The van der Waals surface area contributed by atoms with E-state index in [1.54, 1.807) is 6.08 Å². The zero-order valence-electron chi connectivity index (χ0n) is 8.23. The van der Waals surface area contributed by atoms with E-state index in [2.05, 4.69) is 29.1 Å². The molecule has 0 fully saturated rings. The number of nitrogens with one attached hydrogen (secondary N) is 2. The van der Waals surface area contributed by atoms with Crippen LogP contribution >= 0.6 is 0 Å². The standard InChI is InChI=1S/C12H12N2O/c15-9-2-3-10-8(7-9)1-4-12-11(10)5-6-13-14-12/h1-6,11-14H,7H2. The molecule has 15 heavy (non-hydrogen) atoms. The van der Waals surface area contributed by atoms with Gasteiger partial charge >= 0.3 is 0 Å². The fraction of sp³-hybridized carbons (Fsp3) is 0.250. The van der Waals surface area contributed by atoms with E-state index in [4.69, 9.17) is 0 Å². The monoisotopic (exact) mass is 200 g/mol. The molecule has 0 aromatic heterocycles. The van der Waals surface area contributed by atoms with E-state index in [0.717, 1.165) is 5.57 Å². The largest absolute Gasteiger partial charge is 0.328 e. The molecule has 2 N–H and O–H groups in total. The molecule has 0 spiro atoms. The second-order valence-corrected chi connectivity index (χ2v) is 4.02. The third-order valence-electron chi connectivity index (χ3n) is 3.07. The van der Waals surface area contributed by atoms with Crippen LogP contribution in [0.25, 0.3) is 0 Å². The van der Waals surface area contributed by atoms with Gasteiger partial charge in [-0.3, -0.25) is 4.79 Å². The summed E-state index contributed by atoms with van der Waals surface area (Å²) in [6, 6.07) is 0.298. The number of hydrogen-bond acceptors (Lipinski definition) is 3. The highest BCUT2D eigenvalue weighted by Gasteiger charge is 2.28. The van der Waals surface area contributed by atoms with E-state index < -0.39 is 0 Å². The van der Waals surface area contributed by atoms with Crippen LogP contribution in [0.5, 0.6) is 0 Å². The average Bonchev–Trinajstić information content (AvgIpc) is 2.28.